The Kier molecular flexibility index (Phi) is 7.54. The Balaban J connectivity index is 1.22. The van der Waals surface area contributed by atoms with E-state index in [1.54, 1.807) is 0 Å². The Bertz CT molecular complexity index is 1220. The second kappa shape index (κ2) is 10.7. The lowest BCUT2D eigenvalue weighted by Crippen LogP contribution is -2.44. The molecule has 2 aromatic carbocycles. The zero-order valence-electron chi connectivity index (χ0n) is 21.5. The molecule has 6 nitrogen and oxygen atoms in total. The van der Waals surface area contributed by atoms with Crippen LogP contribution in [0.1, 0.15) is 36.5 Å². The van der Waals surface area contributed by atoms with E-state index in [-0.39, 0.29) is 15.4 Å². The predicted molar refractivity (Wildman–Crippen MR) is 150 cm³/mol. The zero-order valence-corrected chi connectivity index (χ0v) is 23.6. The molecule has 1 saturated heterocycles. The number of rotatable bonds is 10. The second-order valence-electron chi connectivity index (χ2n) is 10.7. The van der Waals surface area contributed by atoms with E-state index < -0.39 is 11.9 Å². The van der Waals surface area contributed by atoms with Gasteiger partial charge in [0.15, 0.2) is 0 Å². The first-order chi connectivity index (χ1) is 17.7. The van der Waals surface area contributed by atoms with Crippen LogP contribution in [0.15, 0.2) is 60.1 Å². The van der Waals surface area contributed by atoms with Crippen molar-refractivity contribution in [3.05, 3.63) is 76.8 Å². The van der Waals surface area contributed by atoms with E-state index in [4.69, 9.17) is 18.9 Å². The first-order valence-corrected chi connectivity index (χ1v) is 14.0. The van der Waals surface area contributed by atoms with Gasteiger partial charge in [0.1, 0.15) is 35.9 Å². The summed E-state index contributed by atoms with van der Waals surface area (Å²) in [6.07, 6.45) is 5.29. The van der Waals surface area contributed by atoms with Gasteiger partial charge in [-0.1, -0.05) is 47.7 Å². The smallest absolute Gasteiger partial charge is 0.311 e. The lowest BCUT2D eigenvalue weighted by molar-refractivity contribution is -0.139. The molecule has 2 aliphatic carbocycles. The predicted octanol–water partition coefficient (Wildman–Crippen LogP) is 6.37. The number of hydrogen-bond donors (Lipinski definition) is 1. The first-order valence-electron chi connectivity index (χ1n) is 12.7. The summed E-state index contributed by atoms with van der Waals surface area (Å²) in [5.74, 6) is 1.25. The van der Waals surface area contributed by atoms with Gasteiger partial charge in [0.25, 0.3) is 0 Å². The van der Waals surface area contributed by atoms with Gasteiger partial charge >= 0.3 is 5.97 Å². The van der Waals surface area contributed by atoms with Crippen molar-refractivity contribution in [3.8, 4) is 16.9 Å². The molecule has 1 N–H and O–H groups in total. The largest absolute Gasteiger partial charge is 0.493 e. The SMILES string of the molecule is Cc1cc(OCC2(C)COC2)cc(C)c1-c1cccc(COC2=CCCC(O[C@@H]3[C@H](I)[C@H]3C(=O)O)=C2)c1. The standard InChI is InChI=1S/C30H33IO6/c1-18-10-24(36-17-30(3)15-34-16-30)11-19(2)25(18)21-7-4-6-20(12-21)14-35-22-8-5-9-23(13-22)37-28-26(27(28)31)29(32)33/h4,6-8,10-13,26-28H,5,9,14-17H2,1-3H3,(H,32,33)/t26-,27-,28+/m1/s1. The Labute approximate surface area is 231 Å². The number of carboxylic acid groups (broad SMARTS) is 1. The van der Waals surface area contributed by atoms with Crippen LogP contribution in [0.25, 0.3) is 11.1 Å². The summed E-state index contributed by atoms with van der Waals surface area (Å²) in [5.41, 5.74) is 5.91. The molecule has 3 atom stereocenters. The second-order valence-corrected chi connectivity index (χ2v) is 12.1. The summed E-state index contributed by atoms with van der Waals surface area (Å²) in [6.45, 7) is 9.05. The van der Waals surface area contributed by atoms with Gasteiger partial charge in [0.05, 0.1) is 23.7 Å². The average Bonchev–Trinajstić information content (AvgIpc) is 3.49. The van der Waals surface area contributed by atoms with Crippen LogP contribution in [-0.4, -0.2) is 40.9 Å². The molecule has 2 aromatic rings. The average molecular weight is 616 g/mol. The topological polar surface area (TPSA) is 74.2 Å². The summed E-state index contributed by atoms with van der Waals surface area (Å²) < 4.78 is 23.5. The third kappa shape index (κ3) is 5.98. The number of carboxylic acids is 1. The van der Waals surface area contributed by atoms with Gasteiger partial charge in [0.2, 0.25) is 0 Å². The Morgan fingerprint density at radius 3 is 2.57 bits per heavy atom. The fourth-order valence-corrected chi connectivity index (χ4v) is 5.99. The number of alkyl halides is 1. The molecule has 1 aliphatic heterocycles. The first kappa shape index (κ1) is 26.1. The van der Waals surface area contributed by atoms with Gasteiger partial charge in [-0.05, 0) is 72.4 Å². The highest BCUT2D eigenvalue weighted by Crippen LogP contribution is 2.44. The molecule has 37 heavy (non-hydrogen) atoms. The minimum absolute atomic E-state index is 0.0159. The van der Waals surface area contributed by atoms with E-state index in [9.17, 15) is 9.90 Å². The molecule has 0 amide bonds. The molecule has 5 rings (SSSR count). The maximum atomic E-state index is 11.3. The number of allylic oxidation sites excluding steroid dienone is 3. The van der Waals surface area contributed by atoms with E-state index in [1.807, 2.05) is 6.08 Å². The number of aryl methyl sites for hydroxylation is 2. The molecule has 1 saturated carbocycles. The van der Waals surface area contributed by atoms with Crippen LogP contribution in [-0.2, 0) is 25.6 Å². The van der Waals surface area contributed by atoms with Crippen molar-refractivity contribution in [1.29, 1.82) is 0 Å². The van der Waals surface area contributed by atoms with Crippen LogP contribution in [0, 0.1) is 25.2 Å². The number of aliphatic carboxylic acids is 1. The van der Waals surface area contributed by atoms with Crippen LogP contribution < -0.4 is 4.74 Å². The highest BCUT2D eigenvalue weighted by atomic mass is 127. The Hall–Kier alpha value is -2.52. The summed E-state index contributed by atoms with van der Waals surface area (Å²) in [7, 11) is 0. The number of halogens is 1. The summed E-state index contributed by atoms with van der Waals surface area (Å²) >= 11 is 2.15. The van der Waals surface area contributed by atoms with Crippen molar-refractivity contribution in [1.82, 2.24) is 0 Å². The lowest BCUT2D eigenvalue weighted by atomic mass is 9.90. The van der Waals surface area contributed by atoms with Crippen LogP contribution in [0.3, 0.4) is 0 Å². The van der Waals surface area contributed by atoms with Crippen molar-refractivity contribution in [2.75, 3.05) is 19.8 Å². The molecule has 0 aromatic heterocycles. The van der Waals surface area contributed by atoms with E-state index >= 15 is 0 Å². The number of carbonyl (C=O) groups is 1. The van der Waals surface area contributed by atoms with E-state index in [0.717, 1.165) is 54.5 Å². The van der Waals surface area contributed by atoms with Crippen LogP contribution in [0.4, 0.5) is 0 Å². The highest BCUT2D eigenvalue weighted by molar-refractivity contribution is 14.1. The molecule has 0 unspecified atom stereocenters. The fourth-order valence-electron chi connectivity index (χ4n) is 4.92. The Morgan fingerprint density at radius 1 is 1.16 bits per heavy atom. The molecule has 0 bridgehead atoms. The van der Waals surface area contributed by atoms with Gasteiger partial charge < -0.3 is 24.1 Å². The monoisotopic (exact) mass is 616 g/mol. The molecule has 2 fully saturated rings. The molecule has 0 spiro atoms. The lowest BCUT2D eigenvalue weighted by Gasteiger charge is -2.37. The van der Waals surface area contributed by atoms with Crippen molar-refractivity contribution < 1.29 is 28.8 Å². The van der Waals surface area contributed by atoms with Crippen LogP contribution in [0.2, 0.25) is 0 Å². The molecule has 196 valence electrons. The summed E-state index contributed by atoms with van der Waals surface area (Å²) in [4.78, 5) is 11.3. The zero-order chi connectivity index (χ0) is 26.2. The van der Waals surface area contributed by atoms with Gasteiger partial charge in [-0.3, -0.25) is 4.79 Å². The molecule has 7 heteroatoms. The third-order valence-electron chi connectivity index (χ3n) is 7.10. The maximum absolute atomic E-state index is 11.3. The Morgan fingerprint density at radius 2 is 1.92 bits per heavy atom. The summed E-state index contributed by atoms with van der Waals surface area (Å²) in [5, 5.41) is 9.25. The molecule has 0 radical (unpaired) electrons. The number of hydrogen-bond acceptors (Lipinski definition) is 5. The van der Waals surface area contributed by atoms with Crippen molar-refractivity contribution in [2.45, 2.75) is 50.2 Å². The highest BCUT2D eigenvalue weighted by Gasteiger charge is 2.56. The van der Waals surface area contributed by atoms with E-state index in [0.29, 0.717) is 13.2 Å². The normalized spacial score (nSPS) is 23.8. The minimum Gasteiger partial charge on any atom is -0.493 e. The minimum atomic E-state index is -0.793. The molecule has 1 heterocycles. The van der Waals surface area contributed by atoms with Gasteiger partial charge in [0, 0.05) is 17.9 Å². The molecular formula is C30H33IO6. The fraction of sp³-hybridized carbons (Fsp3) is 0.433. The molecule has 3 aliphatic rings. The van der Waals surface area contributed by atoms with E-state index in [1.165, 1.54) is 16.7 Å². The molecular weight excluding hydrogens is 583 g/mol. The van der Waals surface area contributed by atoms with Crippen LogP contribution in [0.5, 0.6) is 5.75 Å². The number of benzene rings is 2. The number of ether oxygens (including phenoxy) is 4. The van der Waals surface area contributed by atoms with Crippen molar-refractivity contribution >= 4 is 28.6 Å². The van der Waals surface area contributed by atoms with Gasteiger partial charge in [-0.15, -0.1) is 0 Å². The van der Waals surface area contributed by atoms with E-state index in [2.05, 4.69) is 85.8 Å². The van der Waals surface area contributed by atoms with Crippen molar-refractivity contribution in [3.63, 3.8) is 0 Å². The summed E-state index contributed by atoms with van der Waals surface area (Å²) in [6, 6.07) is 12.7. The van der Waals surface area contributed by atoms with Crippen molar-refractivity contribution in [2.24, 2.45) is 11.3 Å². The maximum Gasteiger partial charge on any atom is 0.311 e. The van der Waals surface area contributed by atoms with Crippen LogP contribution >= 0.6 is 22.6 Å². The van der Waals surface area contributed by atoms with Gasteiger partial charge in [-0.2, -0.15) is 0 Å². The third-order valence-corrected chi connectivity index (χ3v) is 8.58. The van der Waals surface area contributed by atoms with Gasteiger partial charge in [-0.25, -0.2) is 0 Å². The quantitative estimate of drug-likeness (QED) is 0.247.